The third-order valence-electron chi connectivity index (χ3n) is 3.69. The Balaban J connectivity index is 2.04. The van der Waals surface area contributed by atoms with Crippen LogP contribution in [0.15, 0.2) is 30.3 Å². The van der Waals surface area contributed by atoms with Crippen LogP contribution in [0.4, 0.5) is 0 Å². The lowest BCUT2D eigenvalue weighted by molar-refractivity contribution is 0.653. The molecule has 0 saturated heterocycles. The molecule has 0 radical (unpaired) electrons. The van der Waals surface area contributed by atoms with Gasteiger partial charge in [-0.15, -0.1) is 0 Å². The second-order valence-corrected chi connectivity index (χ2v) is 5.29. The molecule has 108 valence electrons. The van der Waals surface area contributed by atoms with Crippen molar-refractivity contribution < 1.29 is 0 Å². The Morgan fingerprint density at radius 2 is 1.85 bits per heavy atom. The van der Waals surface area contributed by atoms with Gasteiger partial charge in [-0.2, -0.15) is 5.10 Å². The number of rotatable bonds is 7. The van der Waals surface area contributed by atoms with E-state index in [1.54, 1.807) is 0 Å². The maximum atomic E-state index is 4.69. The highest BCUT2D eigenvalue weighted by Crippen LogP contribution is 2.15. The molecule has 0 fully saturated rings. The first-order chi connectivity index (χ1) is 9.72. The second-order valence-electron chi connectivity index (χ2n) is 5.29. The zero-order valence-corrected chi connectivity index (χ0v) is 12.8. The SMILES string of the molecule is CCCNCCc1c(C)nn(Cc2ccccc2)c1C. The van der Waals surface area contributed by atoms with Gasteiger partial charge in [0.1, 0.15) is 0 Å². The molecule has 1 aromatic carbocycles. The first kappa shape index (κ1) is 14.8. The van der Waals surface area contributed by atoms with Crippen molar-refractivity contribution in [1.82, 2.24) is 15.1 Å². The molecular weight excluding hydrogens is 246 g/mol. The monoisotopic (exact) mass is 271 g/mol. The minimum Gasteiger partial charge on any atom is -0.316 e. The van der Waals surface area contributed by atoms with E-state index in [-0.39, 0.29) is 0 Å². The van der Waals surface area contributed by atoms with Crippen molar-refractivity contribution in [1.29, 1.82) is 0 Å². The summed E-state index contributed by atoms with van der Waals surface area (Å²) >= 11 is 0. The van der Waals surface area contributed by atoms with E-state index < -0.39 is 0 Å². The molecule has 0 amide bonds. The quantitative estimate of drug-likeness (QED) is 0.784. The van der Waals surface area contributed by atoms with Crippen LogP contribution in [0.2, 0.25) is 0 Å². The predicted molar refractivity (Wildman–Crippen MR) is 84.1 cm³/mol. The first-order valence-corrected chi connectivity index (χ1v) is 7.50. The van der Waals surface area contributed by atoms with E-state index in [9.17, 15) is 0 Å². The number of aromatic nitrogens is 2. The lowest BCUT2D eigenvalue weighted by atomic mass is 10.1. The highest BCUT2D eigenvalue weighted by atomic mass is 15.3. The molecule has 0 spiro atoms. The molecule has 0 aliphatic heterocycles. The lowest BCUT2D eigenvalue weighted by Crippen LogP contribution is -2.18. The zero-order chi connectivity index (χ0) is 14.4. The fourth-order valence-corrected chi connectivity index (χ4v) is 2.52. The summed E-state index contributed by atoms with van der Waals surface area (Å²) in [6.07, 6.45) is 2.25. The molecule has 20 heavy (non-hydrogen) atoms. The average molecular weight is 271 g/mol. The summed E-state index contributed by atoms with van der Waals surface area (Å²) in [7, 11) is 0. The zero-order valence-electron chi connectivity index (χ0n) is 12.8. The van der Waals surface area contributed by atoms with E-state index in [2.05, 4.69) is 61.1 Å². The van der Waals surface area contributed by atoms with Gasteiger partial charge in [-0.25, -0.2) is 0 Å². The number of aryl methyl sites for hydroxylation is 1. The van der Waals surface area contributed by atoms with Crippen molar-refractivity contribution in [3.05, 3.63) is 52.8 Å². The van der Waals surface area contributed by atoms with E-state index in [0.29, 0.717) is 0 Å². The van der Waals surface area contributed by atoms with Gasteiger partial charge in [-0.05, 0) is 50.9 Å². The second kappa shape index (κ2) is 7.25. The number of benzene rings is 1. The maximum Gasteiger partial charge on any atom is 0.0662 e. The summed E-state index contributed by atoms with van der Waals surface area (Å²) in [5.74, 6) is 0. The summed E-state index contributed by atoms with van der Waals surface area (Å²) in [6.45, 7) is 9.47. The Labute approximate surface area is 122 Å². The molecule has 3 nitrogen and oxygen atoms in total. The summed E-state index contributed by atoms with van der Waals surface area (Å²) in [4.78, 5) is 0. The molecule has 2 rings (SSSR count). The Kier molecular flexibility index (Phi) is 5.36. The summed E-state index contributed by atoms with van der Waals surface area (Å²) in [6, 6.07) is 10.5. The molecule has 0 aliphatic carbocycles. The highest BCUT2D eigenvalue weighted by molar-refractivity contribution is 5.26. The van der Waals surface area contributed by atoms with Crippen LogP contribution in [0, 0.1) is 13.8 Å². The largest absolute Gasteiger partial charge is 0.316 e. The molecule has 0 aliphatic rings. The molecule has 1 N–H and O–H groups in total. The van der Waals surface area contributed by atoms with Crippen LogP contribution in [0.5, 0.6) is 0 Å². The van der Waals surface area contributed by atoms with Crippen LogP contribution in [-0.4, -0.2) is 22.9 Å². The van der Waals surface area contributed by atoms with Gasteiger partial charge in [0.15, 0.2) is 0 Å². The standard InChI is InChI=1S/C17H25N3/c1-4-11-18-12-10-17-14(2)19-20(15(17)3)13-16-8-6-5-7-9-16/h5-9,18H,4,10-13H2,1-3H3. The Morgan fingerprint density at radius 3 is 2.55 bits per heavy atom. The van der Waals surface area contributed by atoms with Crippen molar-refractivity contribution in [2.75, 3.05) is 13.1 Å². The van der Waals surface area contributed by atoms with Crippen LogP contribution >= 0.6 is 0 Å². The van der Waals surface area contributed by atoms with Crippen molar-refractivity contribution in [3.8, 4) is 0 Å². The average Bonchev–Trinajstić information content (AvgIpc) is 2.72. The van der Waals surface area contributed by atoms with Gasteiger partial charge >= 0.3 is 0 Å². The van der Waals surface area contributed by atoms with Gasteiger partial charge in [0.2, 0.25) is 0 Å². The number of nitrogens with zero attached hydrogens (tertiary/aromatic N) is 2. The van der Waals surface area contributed by atoms with Gasteiger partial charge in [-0.3, -0.25) is 4.68 Å². The Morgan fingerprint density at radius 1 is 1.10 bits per heavy atom. The molecule has 3 heteroatoms. The Hall–Kier alpha value is -1.61. The minimum atomic E-state index is 0.857. The Bertz CT molecular complexity index is 529. The van der Waals surface area contributed by atoms with E-state index in [4.69, 9.17) is 5.10 Å². The van der Waals surface area contributed by atoms with Crippen molar-refractivity contribution >= 4 is 0 Å². The molecule has 0 unspecified atom stereocenters. The van der Waals surface area contributed by atoms with Gasteiger partial charge < -0.3 is 5.32 Å². The molecule has 0 atom stereocenters. The number of hydrogen-bond acceptors (Lipinski definition) is 2. The van der Waals surface area contributed by atoms with Gasteiger partial charge in [0.05, 0.1) is 12.2 Å². The van der Waals surface area contributed by atoms with E-state index in [0.717, 1.165) is 31.7 Å². The molecular formula is C17H25N3. The van der Waals surface area contributed by atoms with E-state index in [1.807, 2.05) is 0 Å². The predicted octanol–water partition coefficient (Wildman–Crippen LogP) is 3.09. The summed E-state index contributed by atoms with van der Waals surface area (Å²) < 4.78 is 2.12. The molecule has 1 aromatic heterocycles. The molecule has 1 heterocycles. The molecule has 0 bridgehead atoms. The first-order valence-electron chi connectivity index (χ1n) is 7.50. The smallest absolute Gasteiger partial charge is 0.0662 e. The molecule has 2 aromatic rings. The van der Waals surface area contributed by atoms with Gasteiger partial charge in [-0.1, -0.05) is 37.3 Å². The summed E-state index contributed by atoms with van der Waals surface area (Å²) in [5.41, 5.74) is 5.15. The molecule has 0 saturated carbocycles. The van der Waals surface area contributed by atoms with Gasteiger partial charge in [0.25, 0.3) is 0 Å². The van der Waals surface area contributed by atoms with Crippen LogP contribution in [0.3, 0.4) is 0 Å². The number of nitrogens with one attached hydrogen (secondary N) is 1. The fourth-order valence-electron chi connectivity index (χ4n) is 2.52. The minimum absolute atomic E-state index is 0.857. The highest BCUT2D eigenvalue weighted by Gasteiger charge is 2.11. The fraction of sp³-hybridized carbons (Fsp3) is 0.471. The van der Waals surface area contributed by atoms with Crippen LogP contribution < -0.4 is 5.32 Å². The maximum absolute atomic E-state index is 4.69. The third-order valence-corrected chi connectivity index (χ3v) is 3.69. The van der Waals surface area contributed by atoms with Gasteiger partial charge in [0, 0.05) is 5.69 Å². The van der Waals surface area contributed by atoms with E-state index >= 15 is 0 Å². The topological polar surface area (TPSA) is 29.9 Å². The normalized spacial score (nSPS) is 10.9. The number of hydrogen-bond donors (Lipinski definition) is 1. The van der Waals surface area contributed by atoms with Crippen molar-refractivity contribution in [2.24, 2.45) is 0 Å². The van der Waals surface area contributed by atoms with Crippen LogP contribution in [-0.2, 0) is 13.0 Å². The third kappa shape index (κ3) is 3.70. The van der Waals surface area contributed by atoms with E-state index in [1.165, 1.54) is 23.2 Å². The van der Waals surface area contributed by atoms with Crippen LogP contribution in [0.1, 0.15) is 35.9 Å². The lowest BCUT2D eigenvalue weighted by Gasteiger charge is -2.06. The van der Waals surface area contributed by atoms with Crippen molar-refractivity contribution in [2.45, 2.75) is 40.2 Å². The van der Waals surface area contributed by atoms with Crippen LogP contribution in [0.25, 0.3) is 0 Å². The summed E-state index contributed by atoms with van der Waals surface area (Å²) in [5, 5.41) is 8.15. The van der Waals surface area contributed by atoms with Crippen molar-refractivity contribution in [3.63, 3.8) is 0 Å².